The minimum Gasteiger partial charge on any atom is -0.494 e. The summed E-state index contributed by atoms with van der Waals surface area (Å²) in [4.78, 5) is 21.2. The maximum atomic E-state index is 11.9. The number of anilines is 1. The van der Waals surface area contributed by atoms with Crippen LogP contribution in [0.15, 0.2) is 58.3 Å². The molecule has 0 atom stereocenters. The van der Waals surface area contributed by atoms with Gasteiger partial charge in [0.2, 0.25) is 5.88 Å². The number of hydrogen-bond donors (Lipinski definition) is 3. The zero-order valence-electron chi connectivity index (χ0n) is 14.7. The van der Waals surface area contributed by atoms with Crippen molar-refractivity contribution in [1.82, 2.24) is 10.3 Å². The fourth-order valence-electron chi connectivity index (χ4n) is 3.23. The van der Waals surface area contributed by atoms with Gasteiger partial charge in [-0.2, -0.15) is 0 Å². The molecule has 0 spiro atoms. The number of H-pyrrole nitrogens is 1. The highest BCUT2D eigenvalue weighted by atomic mass is 35.5. The molecule has 0 bridgehead atoms. The first kappa shape index (κ1) is 18.9. The number of aliphatic imine (C=N–C) groups is 1. The first-order chi connectivity index (χ1) is 12.7. The van der Waals surface area contributed by atoms with Crippen molar-refractivity contribution in [2.24, 2.45) is 4.99 Å². The molecule has 1 aromatic heterocycles. The van der Waals surface area contributed by atoms with E-state index in [0.29, 0.717) is 16.3 Å². The highest BCUT2D eigenvalue weighted by molar-refractivity contribution is 6.01. The predicted molar refractivity (Wildman–Crippen MR) is 112 cm³/mol. The average Bonchev–Trinajstić information content (AvgIpc) is 2.69. The summed E-state index contributed by atoms with van der Waals surface area (Å²) in [6, 6.07) is 15.2. The molecule has 3 aromatic rings. The van der Waals surface area contributed by atoms with E-state index >= 15 is 0 Å². The number of nitrogens with one attached hydrogen (secondary N) is 2. The highest BCUT2D eigenvalue weighted by Gasteiger charge is 2.10. The van der Waals surface area contributed by atoms with Crippen molar-refractivity contribution in [2.45, 2.75) is 0 Å². The van der Waals surface area contributed by atoms with Gasteiger partial charge in [0.05, 0.1) is 11.3 Å². The Hall–Kier alpha value is -2.83. The van der Waals surface area contributed by atoms with Crippen LogP contribution in [0.4, 0.5) is 11.4 Å². The molecule has 6 nitrogen and oxygen atoms in total. The van der Waals surface area contributed by atoms with Crippen molar-refractivity contribution in [3.05, 3.63) is 64.4 Å². The molecule has 1 fully saturated rings. The third-order valence-electron chi connectivity index (χ3n) is 4.62. The summed E-state index contributed by atoms with van der Waals surface area (Å²) in [5, 5.41) is 14.7. The SMILES string of the molecule is Cl.O=c1[nH]c(O)c(C=Nc2ccc(N3CCNCC3)cc2)c2ccccc12. The van der Waals surface area contributed by atoms with Gasteiger partial charge in [-0.3, -0.25) is 14.8 Å². The van der Waals surface area contributed by atoms with E-state index < -0.39 is 0 Å². The molecule has 2 aromatic carbocycles. The quantitative estimate of drug-likeness (QED) is 0.606. The van der Waals surface area contributed by atoms with Crippen LogP contribution >= 0.6 is 12.4 Å². The van der Waals surface area contributed by atoms with E-state index in [0.717, 1.165) is 31.9 Å². The maximum absolute atomic E-state index is 11.9. The second-order valence-electron chi connectivity index (χ2n) is 6.27. The van der Waals surface area contributed by atoms with Crippen LogP contribution < -0.4 is 15.8 Å². The average molecular weight is 385 g/mol. The molecule has 3 N–H and O–H groups in total. The molecular weight excluding hydrogens is 364 g/mol. The molecule has 2 heterocycles. The van der Waals surface area contributed by atoms with Gasteiger partial charge in [-0.25, -0.2) is 0 Å². The lowest BCUT2D eigenvalue weighted by Gasteiger charge is -2.29. The Bertz CT molecular complexity index is 1010. The van der Waals surface area contributed by atoms with Crippen LogP contribution in [0.3, 0.4) is 0 Å². The summed E-state index contributed by atoms with van der Waals surface area (Å²) < 4.78 is 0. The summed E-state index contributed by atoms with van der Waals surface area (Å²) in [7, 11) is 0. The molecule has 1 aliphatic rings. The minimum absolute atomic E-state index is 0. The Morgan fingerprint density at radius 3 is 2.37 bits per heavy atom. The summed E-state index contributed by atoms with van der Waals surface area (Å²) in [6.45, 7) is 4.00. The Kier molecular flexibility index (Phi) is 5.78. The molecule has 140 valence electrons. The molecule has 0 saturated carbocycles. The largest absolute Gasteiger partial charge is 0.494 e. The first-order valence-corrected chi connectivity index (χ1v) is 8.66. The first-order valence-electron chi connectivity index (χ1n) is 8.66. The molecule has 27 heavy (non-hydrogen) atoms. The van der Waals surface area contributed by atoms with Crippen LogP contribution in [0.5, 0.6) is 5.88 Å². The Balaban J connectivity index is 0.00000210. The number of nitrogens with zero attached hydrogens (tertiary/aromatic N) is 2. The number of aromatic amines is 1. The number of rotatable bonds is 3. The zero-order chi connectivity index (χ0) is 17.9. The summed E-state index contributed by atoms with van der Waals surface area (Å²) >= 11 is 0. The number of aromatic hydroxyl groups is 1. The summed E-state index contributed by atoms with van der Waals surface area (Å²) in [6.07, 6.45) is 1.59. The molecule has 0 aliphatic carbocycles. The molecule has 1 aliphatic heterocycles. The Labute approximate surface area is 163 Å². The van der Waals surface area contributed by atoms with E-state index in [1.54, 1.807) is 24.4 Å². The molecular formula is C20H21ClN4O2. The Morgan fingerprint density at radius 1 is 1.00 bits per heavy atom. The van der Waals surface area contributed by atoms with Crippen molar-refractivity contribution >= 4 is 40.8 Å². The maximum Gasteiger partial charge on any atom is 0.258 e. The molecule has 1 saturated heterocycles. The van der Waals surface area contributed by atoms with Gasteiger partial charge in [-0.05, 0) is 30.3 Å². The second kappa shape index (κ2) is 8.24. The standard InChI is InChI=1S/C20H20N4O2.ClH/c25-19-17-4-2-1-3-16(17)18(20(26)23-19)13-22-14-5-7-15(8-6-14)24-11-9-21-10-12-24;/h1-8,13,21H,9-12H2,(H2,23,25,26);1H. The number of halogens is 1. The van der Waals surface area contributed by atoms with E-state index in [1.165, 1.54) is 5.69 Å². The van der Waals surface area contributed by atoms with Crippen LogP contribution in [0.1, 0.15) is 5.56 Å². The van der Waals surface area contributed by atoms with E-state index in [4.69, 9.17) is 0 Å². The number of fused-ring (bicyclic) bond motifs is 1. The third-order valence-corrected chi connectivity index (χ3v) is 4.62. The molecule has 4 rings (SSSR count). The molecule has 7 heteroatoms. The molecule has 0 unspecified atom stereocenters. The van der Waals surface area contributed by atoms with Gasteiger partial charge in [-0.1, -0.05) is 18.2 Å². The summed E-state index contributed by atoms with van der Waals surface area (Å²) in [5.74, 6) is -0.171. The third kappa shape index (κ3) is 3.97. The van der Waals surface area contributed by atoms with Crippen LogP contribution in [-0.4, -0.2) is 42.5 Å². The molecule has 0 amide bonds. The van der Waals surface area contributed by atoms with Crippen LogP contribution in [0.25, 0.3) is 10.8 Å². The fourth-order valence-corrected chi connectivity index (χ4v) is 3.23. The number of aromatic nitrogens is 1. The predicted octanol–water partition coefficient (Wildman–Crippen LogP) is 2.82. The van der Waals surface area contributed by atoms with Gasteiger partial charge < -0.3 is 15.3 Å². The lowest BCUT2D eigenvalue weighted by Crippen LogP contribution is -2.43. The van der Waals surface area contributed by atoms with Crippen molar-refractivity contribution in [3.63, 3.8) is 0 Å². The van der Waals surface area contributed by atoms with E-state index in [1.807, 2.05) is 18.2 Å². The normalized spacial score (nSPS) is 14.4. The number of benzene rings is 2. The second-order valence-corrected chi connectivity index (χ2v) is 6.27. The van der Waals surface area contributed by atoms with Crippen molar-refractivity contribution < 1.29 is 5.11 Å². The zero-order valence-corrected chi connectivity index (χ0v) is 15.5. The number of hydrogen-bond acceptors (Lipinski definition) is 5. The Morgan fingerprint density at radius 2 is 1.67 bits per heavy atom. The van der Waals surface area contributed by atoms with Gasteiger partial charge in [0.15, 0.2) is 0 Å². The van der Waals surface area contributed by atoms with Gasteiger partial charge >= 0.3 is 0 Å². The van der Waals surface area contributed by atoms with Crippen LogP contribution in [0, 0.1) is 0 Å². The van der Waals surface area contributed by atoms with E-state index in [-0.39, 0.29) is 23.8 Å². The van der Waals surface area contributed by atoms with Crippen LogP contribution in [-0.2, 0) is 0 Å². The van der Waals surface area contributed by atoms with E-state index in [2.05, 4.69) is 32.3 Å². The van der Waals surface area contributed by atoms with Crippen molar-refractivity contribution in [2.75, 3.05) is 31.1 Å². The number of piperazine rings is 1. The monoisotopic (exact) mass is 384 g/mol. The lowest BCUT2D eigenvalue weighted by atomic mass is 10.1. The van der Waals surface area contributed by atoms with Gasteiger partial charge in [0.25, 0.3) is 5.56 Å². The van der Waals surface area contributed by atoms with Crippen molar-refractivity contribution in [1.29, 1.82) is 0 Å². The smallest absolute Gasteiger partial charge is 0.258 e. The fraction of sp³-hybridized carbons (Fsp3) is 0.200. The number of pyridine rings is 1. The van der Waals surface area contributed by atoms with Gasteiger partial charge in [0.1, 0.15) is 0 Å². The minimum atomic E-state index is -0.310. The van der Waals surface area contributed by atoms with Crippen molar-refractivity contribution in [3.8, 4) is 5.88 Å². The molecule has 0 radical (unpaired) electrons. The van der Waals surface area contributed by atoms with Crippen LogP contribution in [0.2, 0.25) is 0 Å². The lowest BCUT2D eigenvalue weighted by molar-refractivity contribution is 0.452. The summed E-state index contributed by atoms with van der Waals surface area (Å²) in [5.41, 5.74) is 2.17. The highest BCUT2D eigenvalue weighted by Crippen LogP contribution is 2.23. The topological polar surface area (TPSA) is 80.7 Å². The van der Waals surface area contributed by atoms with Gasteiger partial charge in [0, 0.05) is 48.9 Å². The van der Waals surface area contributed by atoms with Gasteiger partial charge in [-0.15, -0.1) is 12.4 Å². The van der Waals surface area contributed by atoms with E-state index in [9.17, 15) is 9.90 Å².